The summed E-state index contributed by atoms with van der Waals surface area (Å²) >= 11 is 6.95. The summed E-state index contributed by atoms with van der Waals surface area (Å²) in [6.07, 6.45) is 14.5. The van der Waals surface area contributed by atoms with Crippen LogP contribution in [0.3, 0.4) is 0 Å². The second-order valence-corrected chi connectivity index (χ2v) is 47.9. The molecule has 112 heavy (non-hydrogen) atoms. The van der Waals surface area contributed by atoms with Gasteiger partial charge >= 0.3 is 0 Å². The fraction of sp³-hybridized carbons (Fsp3) is 0.551. The Hall–Kier alpha value is -5.88. The normalized spacial score (nSPS) is 20.9. The Bertz CT molecular complexity index is 4740. The highest BCUT2D eigenvalue weighted by molar-refractivity contribution is 9.11. The van der Waals surface area contributed by atoms with E-state index in [0.29, 0.717) is 0 Å². The van der Waals surface area contributed by atoms with Crippen LogP contribution in [0.2, 0.25) is 0 Å². The van der Waals surface area contributed by atoms with Crippen LogP contribution >= 0.6 is 31.9 Å². The molecule has 6 aliphatic rings. The van der Waals surface area contributed by atoms with Crippen molar-refractivity contribution in [3.8, 4) is 0 Å². The molecule has 0 unspecified atom stereocenters. The Kier molecular flexibility index (Phi) is 21.9. The second-order valence-electron chi connectivity index (χ2n) is 46.1. The van der Waals surface area contributed by atoms with E-state index in [1.165, 1.54) is 217 Å². The zero-order valence-electron chi connectivity index (χ0n) is 76.3. The van der Waals surface area contributed by atoms with Gasteiger partial charge in [-0.15, -0.1) is 0 Å². The largest absolute Gasteiger partial charge is 0.355 e. The van der Waals surface area contributed by atoms with Gasteiger partial charge in [0.2, 0.25) is 0 Å². The molecular formula is C107H145Br2N3. The average Bonchev–Trinajstić information content (AvgIpc) is 0.733. The lowest BCUT2D eigenvalue weighted by molar-refractivity contribution is 0.331. The van der Waals surface area contributed by atoms with Crippen molar-refractivity contribution in [1.29, 1.82) is 0 Å². The quantitative estimate of drug-likeness (QED) is 0.164. The molecule has 602 valence electrons. The van der Waals surface area contributed by atoms with E-state index in [1.54, 1.807) is 0 Å². The van der Waals surface area contributed by atoms with E-state index in [-0.39, 0.29) is 75.8 Å². The number of hydrogen-bond donors (Lipinski definition) is 1. The van der Waals surface area contributed by atoms with E-state index in [4.69, 9.17) is 0 Å². The molecule has 6 aliphatic carbocycles. The monoisotopic (exact) mass is 1630 g/mol. The van der Waals surface area contributed by atoms with Gasteiger partial charge in [-0.05, 0) is 359 Å². The molecule has 8 aromatic rings. The van der Waals surface area contributed by atoms with Gasteiger partial charge in [-0.1, -0.05) is 276 Å². The lowest BCUT2D eigenvalue weighted by Gasteiger charge is -2.44. The van der Waals surface area contributed by atoms with E-state index < -0.39 is 0 Å². The highest BCUT2D eigenvalue weighted by atomic mass is 79.9. The number of rotatable bonds is 8. The predicted molar refractivity (Wildman–Crippen MR) is 497 cm³/mol. The van der Waals surface area contributed by atoms with Gasteiger partial charge in [0.15, 0.2) is 0 Å². The van der Waals surface area contributed by atoms with Gasteiger partial charge in [0.05, 0.1) is 0 Å². The summed E-state index contributed by atoms with van der Waals surface area (Å²) in [5.41, 5.74) is 36.6. The third kappa shape index (κ3) is 16.5. The summed E-state index contributed by atoms with van der Waals surface area (Å²) in [5.74, 6) is 0. The molecule has 0 aromatic heterocycles. The zero-order valence-corrected chi connectivity index (χ0v) is 79.4. The molecule has 0 heterocycles. The Morgan fingerprint density at radius 2 is 0.500 bits per heavy atom. The van der Waals surface area contributed by atoms with Gasteiger partial charge in [-0.2, -0.15) is 0 Å². The van der Waals surface area contributed by atoms with Crippen LogP contribution in [-0.2, 0) is 75.8 Å². The first-order valence-electron chi connectivity index (χ1n) is 43.1. The average molecular weight is 1630 g/mol. The first-order valence-corrected chi connectivity index (χ1v) is 44.7. The van der Waals surface area contributed by atoms with Crippen molar-refractivity contribution in [2.24, 2.45) is 0 Å². The lowest BCUT2D eigenvalue weighted by atomic mass is 9.62. The van der Waals surface area contributed by atoms with Gasteiger partial charge in [0.1, 0.15) is 0 Å². The van der Waals surface area contributed by atoms with Crippen molar-refractivity contribution >= 4 is 77.4 Å². The minimum atomic E-state index is -0.125. The molecule has 0 fully saturated rings. The number of halogens is 2. The smallest absolute Gasteiger partial charge is 0.0493 e. The maximum absolute atomic E-state index is 3.80. The van der Waals surface area contributed by atoms with E-state index in [2.05, 4.69) is 403 Å². The molecule has 0 atom stereocenters. The summed E-state index contributed by atoms with van der Waals surface area (Å²) in [6, 6.07) is 51.4. The van der Waals surface area contributed by atoms with Crippen molar-refractivity contribution in [3.05, 3.63) is 231 Å². The minimum absolute atomic E-state index is 0.0666. The van der Waals surface area contributed by atoms with Crippen LogP contribution in [0.5, 0.6) is 0 Å². The maximum Gasteiger partial charge on any atom is 0.0493 e. The van der Waals surface area contributed by atoms with Gasteiger partial charge < -0.3 is 15.1 Å². The summed E-state index contributed by atoms with van der Waals surface area (Å²) in [4.78, 5) is 5.35. The molecule has 0 aliphatic heterocycles. The number of anilines is 8. The standard InChI is InChI=1S/C68H92N2.C29H41N.C10H12Br2/c1-43-34-52-56(67(18,19)32-30-63(52,10)11)41-58(43)69(46-22-24-50-54(39-46)65(14,15)28-26-61(50,6)7)48-36-45(60(3,4)5)37-49(38-48)70(47-23-25-51-55(40-47)66(16,17)29-27-62(51,8)9)59-42-57-53(35-44(59)2)64(12,13)31-33-68(57,20)21;1-19-16-22-24(29(8,9)15-14-27(22,4)5)18-25(19)30-20-10-11-21-23(17-20)28(6,7)13-12-26(21,2)3;1-10(2,3)7-4-8(11)6-9(12)5-7/h22-25,34-42H,26-33H2,1-21H3;10-11,16-18,30H,12-15H2,1-9H3;4-6H,1-3H3. The summed E-state index contributed by atoms with van der Waals surface area (Å²) < 4.78 is 2.25. The van der Waals surface area contributed by atoms with Gasteiger partial charge in [-0.3, -0.25) is 0 Å². The van der Waals surface area contributed by atoms with Crippen LogP contribution in [0.1, 0.15) is 379 Å². The van der Waals surface area contributed by atoms with Crippen LogP contribution in [0.25, 0.3) is 0 Å². The number of hydrogen-bond acceptors (Lipinski definition) is 3. The third-order valence-corrected chi connectivity index (χ3v) is 30.3. The molecule has 8 aromatic carbocycles. The molecule has 0 saturated heterocycles. The maximum atomic E-state index is 3.80. The van der Waals surface area contributed by atoms with Crippen molar-refractivity contribution in [1.82, 2.24) is 0 Å². The third-order valence-electron chi connectivity index (χ3n) is 29.4. The first kappa shape index (κ1) is 85.5. The molecule has 0 amide bonds. The topological polar surface area (TPSA) is 18.5 Å². The van der Waals surface area contributed by atoms with Crippen LogP contribution in [-0.4, -0.2) is 0 Å². The molecule has 0 saturated carbocycles. The summed E-state index contributed by atoms with van der Waals surface area (Å²) in [5, 5.41) is 3.80. The molecule has 3 nitrogen and oxygen atoms in total. The Labute approximate surface area is 699 Å². The van der Waals surface area contributed by atoms with Crippen molar-refractivity contribution in [2.75, 3.05) is 15.1 Å². The van der Waals surface area contributed by atoms with Crippen molar-refractivity contribution < 1.29 is 0 Å². The summed E-state index contributed by atoms with van der Waals surface area (Å²) in [7, 11) is 0. The number of nitrogens with one attached hydrogen (secondary N) is 1. The Morgan fingerprint density at radius 1 is 0.250 bits per heavy atom. The Balaban J connectivity index is 0.000000225. The van der Waals surface area contributed by atoms with Crippen LogP contribution in [0.4, 0.5) is 45.5 Å². The number of benzene rings is 8. The SMILES string of the molecule is CC(C)(C)c1cc(Br)cc(Br)c1.Cc1cc2c(cc1N(c1cc(N(c3ccc4c(c3)C(C)(C)CCC4(C)C)c3cc4c(cc3C)C(C)(C)CCC4(C)C)cc(C(C)(C)C)c1)c1ccc3c(c1)C(C)(C)CCC3(C)C)C(C)(C)CCC2(C)C.Cc1cc2c(cc1Nc1ccc3c(c1)C(C)(C)CCC3(C)C)C(C)(C)CCC2(C)C. The fourth-order valence-corrected chi connectivity index (χ4v) is 21.4. The van der Waals surface area contributed by atoms with Gasteiger partial charge in [0.25, 0.3) is 0 Å². The molecule has 14 rings (SSSR count). The number of aryl methyl sites for hydroxylation is 3. The van der Waals surface area contributed by atoms with Crippen LogP contribution in [0.15, 0.2) is 136 Å². The second kappa shape index (κ2) is 28.7. The fourth-order valence-electron chi connectivity index (χ4n) is 20.1. The zero-order chi connectivity index (χ0) is 82.8. The van der Waals surface area contributed by atoms with Gasteiger partial charge in [0, 0.05) is 54.4 Å². The molecule has 0 spiro atoms. The predicted octanol–water partition coefficient (Wildman–Crippen LogP) is 32.9. The highest BCUT2D eigenvalue weighted by Gasteiger charge is 2.45. The van der Waals surface area contributed by atoms with Gasteiger partial charge in [-0.25, -0.2) is 0 Å². The lowest BCUT2D eigenvalue weighted by Crippen LogP contribution is -2.35. The van der Waals surface area contributed by atoms with E-state index in [9.17, 15) is 0 Å². The molecule has 1 N–H and O–H groups in total. The van der Waals surface area contributed by atoms with Crippen molar-refractivity contribution in [3.63, 3.8) is 0 Å². The highest BCUT2D eigenvalue weighted by Crippen LogP contribution is 2.58. The molecule has 0 radical (unpaired) electrons. The number of nitrogens with zero attached hydrogens (tertiary/aromatic N) is 2. The first-order chi connectivity index (χ1) is 51.2. The molecule has 5 heteroatoms. The van der Waals surface area contributed by atoms with E-state index >= 15 is 0 Å². The molecular weight excluding hydrogens is 1490 g/mol. The van der Waals surface area contributed by atoms with Crippen LogP contribution < -0.4 is 15.1 Å². The van der Waals surface area contributed by atoms with Crippen LogP contribution in [0, 0.1) is 20.8 Å². The van der Waals surface area contributed by atoms with E-state index in [0.717, 1.165) is 8.95 Å². The Morgan fingerprint density at radius 3 is 0.812 bits per heavy atom. The van der Waals surface area contributed by atoms with E-state index in [1.807, 2.05) is 0 Å². The number of fused-ring (bicyclic) bond motifs is 6. The minimum Gasteiger partial charge on any atom is -0.355 e. The summed E-state index contributed by atoms with van der Waals surface area (Å²) in [6.45, 7) is 79.6. The van der Waals surface area contributed by atoms with Crippen molar-refractivity contribution in [2.45, 2.75) is 381 Å². The molecule has 0 bridgehead atoms.